The zero-order valence-corrected chi connectivity index (χ0v) is 10.2. The van der Waals surface area contributed by atoms with E-state index in [9.17, 15) is 0 Å². The van der Waals surface area contributed by atoms with E-state index in [0.29, 0.717) is 15.7 Å². The fraction of sp³-hybridized carbons (Fsp3) is 0.182. The molecule has 1 aromatic carbocycles. The number of nitrogen functional groups attached to an aromatic ring is 1. The minimum absolute atomic E-state index is 0.554. The summed E-state index contributed by atoms with van der Waals surface area (Å²) < 4.78 is 0. The van der Waals surface area contributed by atoms with Crippen molar-refractivity contribution in [2.45, 2.75) is 6.92 Å². The monoisotopic (exact) mass is 255 g/mol. The van der Waals surface area contributed by atoms with Crippen molar-refractivity contribution in [2.24, 2.45) is 0 Å². The summed E-state index contributed by atoms with van der Waals surface area (Å²) >= 11 is 12.1. The lowest BCUT2D eigenvalue weighted by molar-refractivity contribution is 1.22. The zero-order chi connectivity index (χ0) is 11.7. The SMILES string of the molecule is CCNc1c(N)cnc2cc(Cl)cc(Cl)c12. The molecule has 0 aliphatic heterocycles. The molecule has 0 saturated heterocycles. The highest BCUT2D eigenvalue weighted by Gasteiger charge is 2.10. The standard InChI is InChI=1S/C11H11Cl2N3/c1-2-15-11-8(14)5-16-9-4-6(12)3-7(13)10(9)11/h3-5H,2,14H2,1H3,(H,15,16). The van der Waals surface area contributed by atoms with Gasteiger partial charge in [-0.3, -0.25) is 4.98 Å². The Balaban J connectivity index is 2.80. The molecule has 3 nitrogen and oxygen atoms in total. The third-order valence-corrected chi connectivity index (χ3v) is 2.79. The molecule has 0 spiro atoms. The van der Waals surface area contributed by atoms with Crippen LogP contribution in [0.4, 0.5) is 11.4 Å². The van der Waals surface area contributed by atoms with Crippen LogP contribution in [0.25, 0.3) is 10.9 Å². The number of anilines is 2. The van der Waals surface area contributed by atoms with Gasteiger partial charge < -0.3 is 11.1 Å². The van der Waals surface area contributed by atoms with Crippen molar-refractivity contribution in [3.8, 4) is 0 Å². The van der Waals surface area contributed by atoms with E-state index in [2.05, 4.69) is 10.3 Å². The van der Waals surface area contributed by atoms with Gasteiger partial charge in [-0.15, -0.1) is 0 Å². The Kier molecular flexibility index (Phi) is 3.08. The van der Waals surface area contributed by atoms with Crippen LogP contribution in [0, 0.1) is 0 Å². The van der Waals surface area contributed by atoms with Crippen LogP contribution in [0.15, 0.2) is 18.3 Å². The molecule has 0 unspecified atom stereocenters. The summed E-state index contributed by atoms with van der Waals surface area (Å²) in [6, 6.07) is 3.45. The van der Waals surface area contributed by atoms with Gasteiger partial charge in [0.25, 0.3) is 0 Å². The average molecular weight is 256 g/mol. The number of nitrogens with one attached hydrogen (secondary N) is 1. The number of nitrogens with zero attached hydrogens (tertiary/aromatic N) is 1. The lowest BCUT2D eigenvalue weighted by Gasteiger charge is -2.12. The predicted molar refractivity (Wildman–Crippen MR) is 70.3 cm³/mol. The lowest BCUT2D eigenvalue weighted by atomic mass is 10.1. The first kappa shape index (κ1) is 11.3. The third-order valence-electron chi connectivity index (χ3n) is 2.27. The van der Waals surface area contributed by atoms with Crippen molar-refractivity contribution in [3.05, 3.63) is 28.4 Å². The van der Waals surface area contributed by atoms with E-state index in [1.807, 2.05) is 6.92 Å². The highest BCUT2D eigenvalue weighted by molar-refractivity contribution is 6.39. The van der Waals surface area contributed by atoms with Crippen LogP contribution in [-0.4, -0.2) is 11.5 Å². The summed E-state index contributed by atoms with van der Waals surface area (Å²) in [5.41, 5.74) is 8.00. The molecule has 5 heteroatoms. The van der Waals surface area contributed by atoms with Crippen molar-refractivity contribution < 1.29 is 0 Å². The molecular weight excluding hydrogens is 245 g/mol. The molecule has 3 N–H and O–H groups in total. The summed E-state index contributed by atoms with van der Waals surface area (Å²) in [6.45, 7) is 2.76. The van der Waals surface area contributed by atoms with Crippen LogP contribution < -0.4 is 11.1 Å². The van der Waals surface area contributed by atoms with E-state index < -0.39 is 0 Å². The number of fused-ring (bicyclic) bond motifs is 1. The van der Waals surface area contributed by atoms with Gasteiger partial charge in [-0.1, -0.05) is 23.2 Å². The molecule has 1 heterocycles. The normalized spacial score (nSPS) is 10.7. The van der Waals surface area contributed by atoms with Gasteiger partial charge in [0, 0.05) is 17.0 Å². The maximum absolute atomic E-state index is 6.16. The first-order valence-electron chi connectivity index (χ1n) is 4.90. The third kappa shape index (κ3) is 1.88. The number of hydrogen-bond acceptors (Lipinski definition) is 3. The van der Waals surface area contributed by atoms with E-state index in [1.165, 1.54) is 0 Å². The molecule has 0 radical (unpaired) electrons. The molecule has 0 amide bonds. The summed E-state index contributed by atoms with van der Waals surface area (Å²) in [5.74, 6) is 0. The van der Waals surface area contributed by atoms with Gasteiger partial charge in [0.15, 0.2) is 0 Å². The first-order chi connectivity index (χ1) is 7.63. The topological polar surface area (TPSA) is 50.9 Å². The molecule has 0 aliphatic rings. The van der Waals surface area contributed by atoms with Crippen molar-refractivity contribution >= 4 is 45.5 Å². The van der Waals surface area contributed by atoms with Crippen molar-refractivity contribution in [1.29, 1.82) is 0 Å². The fourth-order valence-electron chi connectivity index (χ4n) is 1.62. The van der Waals surface area contributed by atoms with Gasteiger partial charge >= 0.3 is 0 Å². The molecule has 84 valence electrons. The van der Waals surface area contributed by atoms with Crippen LogP contribution in [0.5, 0.6) is 0 Å². The molecule has 1 aromatic heterocycles. The number of aromatic nitrogens is 1. The van der Waals surface area contributed by atoms with Crippen molar-refractivity contribution in [2.75, 3.05) is 17.6 Å². The molecule has 0 bridgehead atoms. The van der Waals surface area contributed by atoms with Gasteiger partial charge in [-0.25, -0.2) is 0 Å². The Labute approximate surface area is 104 Å². The smallest absolute Gasteiger partial charge is 0.0754 e. The van der Waals surface area contributed by atoms with E-state index >= 15 is 0 Å². The van der Waals surface area contributed by atoms with Gasteiger partial charge in [-0.2, -0.15) is 0 Å². The second-order valence-corrected chi connectivity index (χ2v) is 4.24. The highest BCUT2D eigenvalue weighted by atomic mass is 35.5. The maximum Gasteiger partial charge on any atom is 0.0754 e. The number of rotatable bonds is 2. The Bertz CT molecular complexity index is 540. The van der Waals surface area contributed by atoms with Gasteiger partial charge in [0.1, 0.15) is 0 Å². The number of halogens is 2. The van der Waals surface area contributed by atoms with Crippen LogP contribution in [-0.2, 0) is 0 Å². The van der Waals surface area contributed by atoms with E-state index in [1.54, 1.807) is 18.3 Å². The number of pyridine rings is 1. The van der Waals surface area contributed by atoms with Crippen LogP contribution >= 0.6 is 23.2 Å². The van der Waals surface area contributed by atoms with E-state index in [4.69, 9.17) is 28.9 Å². The molecule has 0 fully saturated rings. The number of nitrogens with two attached hydrogens (primary N) is 1. The van der Waals surface area contributed by atoms with Crippen LogP contribution in [0.2, 0.25) is 10.0 Å². The van der Waals surface area contributed by atoms with Crippen LogP contribution in [0.3, 0.4) is 0 Å². The summed E-state index contributed by atoms with van der Waals surface area (Å²) in [5, 5.41) is 5.12. The molecule has 0 atom stereocenters. The number of benzene rings is 1. The molecule has 0 saturated carbocycles. The Morgan fingerprint density at radius 2 is 2.12 bits per heavy atom. The largest absolute Gasteiger partial charge is 0.396 e. The zero-order valence-electron chi connectivity index (χ0n) is 8.72. The quantitative estimate of drug-likeness (QED) is 0.863. The minimum Gasteiger partial charge on any atom is -0.396 e. The molecule has 2 rings (SSSR count). The minimum atomic E-state index is 0.554. The lowest BCUT2D eigenvalue weighted by Crippen LogP contribution is -2.02. The predicted octanol–water partition coefficient (Wildman–Crippen LogP) is 3.56. The Hall–Kier alpha value is -1.19. The summed E-state index contributed by atoms with van der Waals surface area (Å²) in [4.78, 5) is 4.21. The van der Waals surface area contributed by atoms with Crippen molar-refractivity contribution in [3.63, 3.8) is 0 Å². The second-order valence-electron chi connectivity index (χ2n) is 3.40. The van der Waals surface area contributed by atoms with Crippen LogP contribution in [0.1, 0.15) is 6.92 Å². The fourth-order valence-corrected chi connectivity index (χ4v) is 2.20. The maximum atomic E-state index is 6.16. The summed E-state index contributed by atoms with van der Waals surface area (Å²) in [7, 11) is 0. The number of hydrogen-bond donors (Lipinski definition) is 2. The van der Waals surface area contributed by atoms with E-state index in [-0.39, 0.29) is 0 Å². The van der Waals surface area contributed by atoms with Gasteiger partial charge in [0.05, 0.1) is 28.1 Å². The van der Waals surface area contributed by atoms with Gasteiger partial charge in [-0.05, 0) is 19.1 Å². The van der Waals surface area contributed by atoms with Gasteiger partial charge in [0.2, 0.25) is 0 Å². The summed E-state index contributed by atoms with van der Waals surface area (Å²) in [6.07, 6.45) is 1.60. The average Bonchev–Trinajstić information content (AvgIpc) is 2.22. The second kappa shape index (κ2) is 4.36. The van der Waals surface area contributed by atoms with E-state index in [0.717, 1.165) is 23.1 Å². The molecule has 16 heavy (non-hydrogen) atoms. The Morgan fingerprint density at radius 1 is 1.38 bits per heavy atom. The Morgan fingerprint density at radius 3 is 2.81 bits per heavy atom. The molecule has 0 aliphatic carbocycles. The first-order valence-corrected chi connectivity index (χ1v) is 5.66. The highest BCUT2D eigenvalue weighted by Crippen LogP contribution is 2.35. The molecule has 2 aromatic rings. The molecular formula is C11H11Cl2N3. The van der Waals surface area contributed by atoms with Crippen molar-refractivity contribution in [1.82, 2.24) is 4.98 Å².